The van der Waals surface area contributed by atoms with Gasteiger partial charge in [-0.1, -0.05) is 12.1 Å². The van der Waals surface area contributed by atoms with Gasteiger partial charge in [-0.15, -0.1) is 0 Å². The summed E-state index contributed by atoms with van der Waals surface area (Å²) in [6.07, 6.45) is 0.963. The number of carboxylic acids is 2. The molecule has 0 fully saturated rings. The van der Waals surface area contributed by atoms with Gasteiger partial charge >= 0.3 is 11.9 Å². The summed E-state index contributed by atoms with van der Waals surface area (Å²) in [6, 6.07) is 10.7. The first-order chi connectivity index (χ1) is 16.9. The molecule has 1 amide bonds. The van der Waals surface area contributed by atoms with Crippen LogP contribution in [0.5, 0.6) is 17.2 Å². The first-order valence-corrected chi connectivity index (χ1v) is 10.9. The van der Waals surface area contributed by atoms with Crippen molar-refractivity contribution < 1.29 is 44.3 Å². The van der Waals surface area contributed by atoms with E-state index in [9.17, 15) is 24.6 Å². The highest BCUT2D eigenvalue weighted by Crippen LogP contribution is 2.38. The minimum atomic E-state index is -1.26. The number of anilines is 1. The van der Waals surface area contributed by atoms with Crippen molar-refractivity contribution in [3.63, 3.8) is 0 Å². The standard InChI is InChI=1S/C21H26N2O5.C4H4O4/c1-21(2,10-13-4-6-15(27-3)7-5-13)22-11-18(25)16-8-14(24)9-17-20(16)28-12-19(26)23-17;5-3(6)1-2-4(7)8/h4-9,18,22,24-25H,10-12H2,1-3H3,(H,23,26);1-2H,(H,5,6)(H,7,8)/t18-;/m0./s1. The molecule has 194 valence electrons. The number of carbonyl (C=O) groups is 3. The minimum absolute atomic E-state index is 0.0453. The number of benzene rings is 2. The van der Waals surface area contributed by atoms with Gasteiger partial charge < -0.3 is 40.5 Å². The Morgan fingerprint density at radius 2 is 1.78 bits per heavy atom. The van der Waals surface area contributed by atoms with E-state index in [1.54, 1.807) is 7.11 Å². The number of β-amino-alcohol motifs (C(OH)–C–C–N with tert-alkyl or cyclic N) is 1. The first kappa shape index (κ1) is 28.1. The lowest BCUT2D eigenvalue weighted by atomic mass is 9.94. The Hall–Kier alpha value is -4.09. The molecule has 1 atom stereocenters. The van der Waals surface area contributed by atoms with Crippen molar-refractivity contribution in [3.8, 4) is 17.2 Å². The molecule has 11 heteroatoms. The SMILES string of the molecule is COc1ccc(CC(C)(C)NC[C@H](O)c2cc(O)cc3c2OCC(=O)N3)cc1.O=C(O)C=CC(=O)O. The fraction of sp³-hybridized carbons (Fsp3) is 0.320. The van der Waals surface area contributed by atoms with Gasteiger partial charge in [0.25, 0.3) is 5.91 Å². The number of amides is 1. The molecule has 1 aliphatic heterocycles. The van der Waals surface area contributed by atoms with Gasteiger partial charge in [-0.25, -0.2) is 9.59 Å². The van der Waals surface area contributed by atoms with Gasteiger partial charge in [-0.05, 0) is 44.0 Å². The Morgan fingerprint density at radius 1 is 1.17 bits per heavy atom. The molecule has 0 aliphatic carbocycles. The third-order valence-electron chi connectivity index (χ3n) is 5.03. The van der Waals surface area contributed by atoms with Crippen molar-refractivity contribution in [1.82, 2.24) is 5.32 Å². The molecule has 6 N–H and O–H groups in total. The van der Waals surface area contributed by atoms with Gasteiger partial charge in [-0.2, -0.15) is 0 Å². The zero-order chi connectivity index (χ0) is 26.9. The maximum Gasteiger partial charge on any atom is 0.328 e. The lowest BCUT2D eigenvalue weighted by Crippen LogP contribution is -2.43. The molecule has 11 nitrogen and oxygen atoms in total. The molecule has 0 unspecified atom stereocenters. The van der Waals surface area contributed by atoms with E-state index < -0.39 is 18.0 Å². The van der Waals surface area contributed by atoms with Crippen molar-refractivity contribution in [3.05, 3.63) is 59.7 Å². The number of nitrogens with one attached hydrogen (secondary N) is 2. The van der Waals surface area contributed by atoms with Crippen molar-refractivity contribution in [1.29, 1.82) is 0 Å². The monoisotopic (exact) mass is 502 g/mol. The van der Waals surface area contributed by atoms with Crippen LogP contribution >= 0.6 is 0 Å². The van der Waals surface area contributed by atoms with Crippen LogP contribution in [0, 0.1) is 0 Å². The van der Waals surface area contributed by atoms with Crippen molar-refractivity contribution in [2.45, 2.75) is 31.9 Å². The number of methoxy groups -OCH3 is 1. The van der Waals surface area contributed by atoms with E-state index in [1.165, 1.54) is 12.1 Å². The fourth-order valence-electron chi connectivity index (χ4n) is 3.40. The predicted octanol–water partition coefficient (Wildman–Crippen LogP) is 2.09. The zero-order valence-electron chi connectivity index (χ0n) is 20.1. The second kappa shape index (κ2) is 12.6. The second-order valence-electron chi connectivity index (χ2n) is 8.56. The Balaban J connectivity index is 0.000000493. The van der Waals surface area contributed by atoms with Crippen molar-refractivity contribution in [2.24, 2.45) is 0 Å². The molecule has 0 saturated heterocycles. The molecule has 2 aromatic carbocycles. The quantitative estimate of drug-likeness (QED) is 0.279. The summed E-state index contributed by atoms with van der Waals surface area (Å²) in [5.74, 6) is -1.65. The number of carbonyl (C=O) groups excluding carboxylic acids is 1. The molecule has 0 saturated carbocycles. The number of aromatic hydroxyl groups is 1. The Labute approximate surface area is 208 Å². The minimum Gasteiger partial charge on any atom is -0.508 e. The van der Waals surface area contributed by atoms with Gasteiger partial charge in [0, 0.05) is 35.9 Å². The third-order valence-corrected chi connectivity index (χ3v) is 5.03. The van der Waals surface area contributed by atoms with Gasteiger partial charge in [0.05, 0.1) is 18.9 Å². The molecular weight excluding hydrogens is 472 g/mol. The van der Waals surface area contributed by atoms with E-state index in [4.69, 9.17) is 19.7 Å². The number of ether oxygens (including phenoxy) is 2. The molecule has 0 spiro atoms. The Kier molecular flexibility index (Phi) is 9.83. The van der Waals surface area contributed by atoms with Gasteiger partial charge in [-0.3, -0.25) is 4.79 Å². The van der Waals surface area contributed by atoms with Crippen LogP contribution in [0.4, 0.5) is 5.69 Å². The number of phenolic OH excluding ortho intramolecular Hbond substituents is 1. The maximum atomic E-state index is 11.5. The largest absolute Gasteiger partial charge is 0.508 e. The molecule has 36 heavy (non-hydrogen) atoms. The smallest absolute Gasteiger partial charge is 0.328 e. The van der Waals surface area contributed by atoms with Gasteiger partial charge in [0.2, 0.25) is 0 Å². The zero-order valence-corrected chi connectivity index (χ0v) is 20.1. The van der Waals surface area contributed by atoms with Gasteiger partial charge in [0.15, 0.2) is 6.61 Å². The summed E-state index contributed by atoms with van der Waals surface area (Å²) in [4.78, 5) is 30.6. The lowest BCUT2D eigenvalue weighted by Gasteiger charge is -2.29. The van der Waals surface area contributed by atoms with E-state index in [2.05, 4.69) is 24.5 Å². The van der Waals surface area contributed by atoms with Crippen molar-refractivity contribution >= 4 is 23.5 Å². The van der Waals surface area contributed by atoms with Crippen LogP contribution in [0.2, 0.25) is 0 Å². The summed E-state index contributed by atoms with van der Waals surface area (Å²) < 4.78 is 10.7. The molecule has 2 aromatic rings. The Morgan fingerprint density at radius 3 is 2.33 bits per heavy atom. The number of aliphatic carboxylic acids is 2. The molecule has 1 aliphatic rings. The van der Waals surface area contributed by atoms with Crippen molar-refractivity contribution in [2.75, 3.05) is 25.6 Å². The third kappa shape index (κ3) is 8.93. The van der Waals surface area contributed by atoms with Crippen LogP contribution in [0.3, 0.4) is 0 Å². The average Bonchev–Trinajstić information content (AvgIpc) is 2.81. The van der Waals surface area contributed by atoms with E-state index >= 15 is 0 Å². The topological polar surface area (TPSA) is 175 Å². The molecule has 1 heterocycles. The van der Waals surface area contributed by atoms with Crippen LogP contribution < -0.4 is 20.1 Å². The van der Waals surface area contributed by atoms with Crippen LogP contribution in [0.25, 0.3) is 0 Å². The molecule has 0 radical (unpaired) electrons. The van der Waals surface area contributed by atoms with Crippen LogP contribution in [0.15, 0.2) is 48.6 Å². The van der Waals surface area contributed by atoms with E-state index in [0.717, 1.165) is 17.7 Å². The van der Waals surface area contributed by atoms with Crippen LogP contribution in [0.1, 0.15) is 31.1 Å². The number of hydrogen-bond donors (Lipinski definition) is 6. The number of carboxylic acid groups (broad SMARTS) is 2. The Bertz CT molecular complexity index is 1100. The number of phenols is 1. The van der Waals surface area contributed by atoms with Crippen LogP contribution in [-0.4, -0.2) is 64.1 Å². The number of aliphatic hydroxyl groups is 1. The highest BCUT2D eigenvalue weighted by atomic mass is 16.5. The predicted molar refractivity (Wildman–Crippen MR) is 130 cm³/mol. The number of rotatable bonds is 9. The summed E-state index contributed by atoms with van der Waals surface area (Å²) in [5, 5.41) is 42.2. The number of aliphatic hydroxyl groups excluding tert-OH is 1. The summed E-state index contributed by atoms with van der Waals surface area (Å²) in [6.45, 7) is 4.25. The number of fused-ring (bicyclic) bond motifs is 1. The molecule has 0 aromatic heterocycles. The molecular formula is C25H30N2O9. The summed E-state index contributed by atoms with van der Waals surface area (Å²) in [7, 11) is 1.64. The highest BCUT2D eigenvalue weighted by molar-refractivity contribution is 5.96. The maximum absolute atomic E-state index is 11.5. The summed E-state index contributed by atoms with van der Waals surface area (Å²) in [5.41, 5.74) is 1.67. The van der Waals surface area contributed by atoms with Crippen LogP contribution in [-0.2, 0) is 20.8 Å². The van der Waals surface area contributed by atoms with Gasteiger partial charge in [0.1, 0.15) is 17.2 Å². The fourth-order valence-corrected chi connectivity index (χ4v) is 3.40. The highest BCUT2D eigenvalue weighted by Gasteiger charge is 2.26. The lowest BCUT2D eigenvalue weighted by molar-refractivity contribution is -0.134. The average molecular weight is 503 g/mol. The molecule has 3 rings (SSSR count). The molecule has 0 bridgehead atoms. The first-order valence-electron chi connectivity index (χ1n) is 10.9. The van der Waals surface area contributed by atoms with E-state index in [0.29, 0.717) is 29.2 Å². The summed E-state index contributed by atoms with van der Waals surface area (Å²) >= 11 is 0. The number of hydrogen-bond acceptors (Lipinski definition) is 8. The van der Waals surface area contributed by atoms with E-state index in [1.807, 2.05) is 24.3 Å². The normalized spacial score (nSPS) is 13.5. The van der Waals surface area contributed by atoms with E-state index in [-0.39, 0.29) is 30.3 Å². The second-order valence-corrected chi connectivity index (χ2v) is 8.56.